The van der Waals surface area contributed by atoms with Crippen molar-refractivity contribution in [2.45, 2.75) is 38.9 Å². The number of amidine groups is 1. The molecule has 2 heterocycles. The number of nitrogens with two attached hydrogens (primary N) is 1. The second-order valence-corrected chi connectivity index (χ2v) is 5.53. The Balaban J connectivity index is 1.97. The number of likely N-dealkylation sites (tertiary alicyclic amines) is 1. The van der Waals surface area contributed by atoms with Gasteiger partial charge in [-0.2, -0.15) is 5.53 Å². The van der Waals surface area contributed by atoms with Crippen LogP contribution in [0.5, 0.6) is 0 Å². The van der Waals surface area contributed by atoms with Gasteiger partial charge in [0, 0.05) is 31.6 Å². The van der Waals surface area contributed by atoms with Gasteiger partial charge in [0.1, 0.15) is 0 Å². The van der Waals surface area contributed by atoms with Gasteiger partial charge in [0.05, 0.1) is 13.2 Å². The minimum absolute atomic E-state index is 0.298. The van der Waals surface area contributed by atoms with Crippen molar-refractivity contribution in [3.05, 3.63) is 23.4 Å². The van der Waals surface area contributed by atoms with Crippen molar-refractivity contribution in [2.75, 3.05) is 26.3 Å². The number of nitrogens with zero attached hydrogens (tertiary/aromatic N) is 3. The van der Waals surface area contributed by atoms with Crippen molar-refractivity contribution >= 4 is 5.84 Å². The summed E-state index contributed by atoms with van der Waals surface area (Å²) in [5.74, 6) is -0.0413. The van der Waals surface area contributed by atoms with Crippen LogP contribution in [0.1, 0.15) is 33.1 Å². The Kier molecular flexibility index (Phi) is 5.68. The smallest absolute Gasteiger partial charge is 0.171 e. The third kappa shape index (κ3) is 3.92. The first-order valence-electron chi connectivity index (χ1n) is 7.71. The number of ether oxygens (including phenoxy) is 2. The number of piperidine rings is 1. The van der Waals surface area contributed by atoms with Crippen LogP contribution in [-0.4, -0.2) is 42.8 Å². The molecule has 7 nitrogen and oxygen atoms in total. The van der Waals surface area contributed by atoms with E-state index >= 15 is 0 Å². The van der Waals surface area contributed by atoms with Crippen LogP contribution < -0.4 is 5.73 Å². The van der Waals surface area contributed by atoms with Gasteiger partial charge in [0.25, 0.3) is 0 Å². The van der Waals surface area contributed by atoms with E-state index in [1.807, 2.05) is 19.1 Å². The summed E-state index contributed by atoms with van der Waals surface area (Å²) in [5, 5.41) is 6.55. The summed E-state index contributed by atoms with van der Waals surface area (Å²) in [6, 6.07) is 0. The van der Waals surface area contributed by atoms with Crippen LogP contribution in [0, 0.1) is 5.53 Å². The standard InChI is InChI=1S/C15H25N5O2/c1-3-13(14(16)18-19-17)5-4-12(2)20-8-6-15(7-9-20)21-10-11-22-15/h4-5H,3,6-11H2,1-2H3,(H3,16,17,18)/b12-4+,13-5+. The molecule has 7 heteroatoms. The second kappa shape index (κ2) is 7.51. The van der Waals surface area contributed by atoms with E-state index in [1.165, 1.54) is 5.70 Å². The molecular formula is C15H25N5O2. The van der Waals surface area contributed by atoms with E-state index in [4.69, 9.17) is 20.7 Å². The number of rotatable bonds is 5. The summed E-state index contributed by atoms with van der Waals surface area (Å²) in [6.45, 7) is 7.34. The van der Waals surface area contributed by atoms with Gasteiger partial charge in [-0.3, -0.25) is 0 Å². The van der Waals surface area contributed by atoms with Crippen LogP contribution in [0.3, 0.4) is 0 Å². The monoisotopic (exact) mass is 307 g/mol. The molecule has 0 saturated carbocycles. The van der Waals surface area contributed by atoms with Crippen LogP contribution in [-0.2, 0) is 9.47 Å². The van der Waals surface area contributed by atoms with Gasteiger partial charge >= 0.3 is 0 Å². The van der Waals surface area contributed by atoms with Gasteiger partial charge < -0.3 is 20.1 Å². The summed E-state index contributed by atoms with van der Waals surface area (Å²) in [6.07, 6.45) is 6.53. The van der Waals surface area contributed by atoms with Crippen molar-refractivity contribution in [3.63, 3.8) is 0 Å². The number of hydrogen-bond acceptors (Lipinski definition) is 5. The lowest BCUT2D eigenvalue weighted by Crippen LogP contribution is -2.44. The molecule has 0 bridgehead atoms. The van der Waals surface area contributed by atoms with Gasteiger partial charge in [-0.15, -0.1) is 5.10 Å². The normalized spacial score (nSPS) is 23.2. The molecule has 0 amide bonds. The van der Waals surface area contributed by atoms with Crippen molar-refractivity contribution in [3.8, 4) is 0 Å². The summed E-state index contributed by atoms with van der Waals surface area (Å²) in [5.41, 5.74) is 14.6. The summed E-state index contributed by atoms with van der Waals surface area (Å²) >= 11 is 0. The van der Waals surface area contributed by atoms with E-state index in [1.54, 1.807) is 0 Å². The zero-order valence-electron chi connectivity index (χ0n) is 13.3. The average molecular weight is 307 g/mol. The van der Waals surface area contributed by atoms with Crippen LogP contribution in [0.15, 0.2) is 33.7 Å². The Morgan fingerprint density at radius 1 is 1.27 bits per heavy atom. The fourth-order valence-electron chi connectivity index (χ4n) is 2.81. The quantitative estimate of drug-likeness (QED) is 0.268. The van der Waals surface area contributed by atoms with E-state index in [9.17, 15) is 0 Å². The van der Waals surface area contributed by atoms with Crippen LogP contribution in [0.2, 0.25) is 0 Å². The van der Waals surface area contributed by atoms with Gasteiger partial charge in [-0.1, -0.05) is 18.2 Å². The van der Waals surface area contributed by atoms with Gasteiger partial charge in [-0.05, 0) is 25.0 Å². The molecule has 2 aliphatic rings. The maximum absolute atomic E-state index is 6.74. The van der Waals surface area contributed by atoms with E-state index in [-0.39, 0.29) is 5.79 Å². The SMILES string of the molecule is CC/C(=C\C=C(/C)N1CCC2(CC1)OCCO2)C(N)=NN=N. The number of nitrogens with one attached hydrogen (secondary N) is 1. The topological polar surface area (TPSA) is 96.3 Å². The fourth-order valence-corrected chi connectivity index (χ4v) is 2.81. The number of hydrogen-bond donors (Lipinski definition) is 2. The lowest BCUT2D eigenvalue weighted by Gasteiger charge is -2.39. The summed E-state index contributed by atoms with van der Waals surface area (Å²) in [7, 11) is 0. The first-order chi connectivity index (χ1) is 10.6. The molecule has 0 atom stereocenters. The Morgan fingerprint density at radius 2 is 1.91 bits per heavy atom. The maximum Gasteiger partial charge on any atom is 0.171 e. The Bertz CT molecular complexity index is 482. The van der Waals surface area contributed by atoms with Crippen molar-refractivity contribution in [1.82, 2.24) is 4.90 Å². The predicted molar refractivity (Wildman–Crippen MR) is 84.3 cm³/mol. The molecule has 1 spiro atoms. The van der Waals surface area contributed by atoms with Crippen LogP contribution in [0.25, 0.3) is 0 Å². The molecule has 2 aliphatic heterocycles. The van der Waals surface area contributed by atoms with Gasteiger partial charge in [0.15, 0.2) is 11.6 Å². The molecule has 0 aromatic heterocycles. The average Bonchev–Trinajstić information content (AvgIpc) is 2.97. The lowest BCUT2D eigenvalue weighted by molar-refractivity contribution is -0.182. The molecule has 3 N–H and O–H groups in total. The predicted octanol–water partition coefficient (Wildman–Crippen LogP) is 2.37. The Morgan fingerprint density at radius 3 is 2.45 bits per heavy atom. The van der Waals surface area contributed by atoms with E-state index in [0.29, 0.717) is 19.0 Å². The van der Waals surface area contributed by atoms with Crippen molar-refractivity contribution in [2.24, 2.45) is 16.1 Å². The highest BCUT2D eigenvalue weighted by Gasteiger charge is 2.39. The first kappa shape index (κ1) is 16.6. The minimum Gasteiger partial charge on any atom is -0.382 e. The largest absolute Gasteiger partial charge is 0.382 e. The maximum atomic E-state index is 6.74. The number of allylic oxidation sites excluding steroid dienone is 3. The van der Waals surface area contributed by atoms with Crippen molar-refractivity contribution in [1.29, 1.82) is 5.53 Å². The molecule has 0 aliphatic carbocycles. The summed E-state index contributed by atoms with van der Waals surface area (Å²) < 4.78 is 11.5. The molecule has 0 radical (unpaired) electrons. The van der Waals surface area contributed by atoms with E-state index < -0.39 is 0 Å². The molecule has 0 unspecified atom stereocenters. The molecule has 2 rings (SSSR count). The molecule has 0 aromatic carbocycles. The third-order valence-electron chi connectivity index (χ3n) is 4.23. The van der Waals surface area contributed by atoms with Crippen LogP contribution >= 0.6 is 0 Å². The van der Waals surface area contributed by atoms with E-state index in [0.717, 1.165) is 37.9 Å². The van der Waals surface area contributed by atoms with Gasteiger partial charge in [0.2, 0.25) is 0 Å². The third-order valence-corrected chi connectivity index (χ3v) is 4.23. The van der Waals surface area contributed by atoms with Gasteiger partial charge in [-0.25, -0.2) is 0 Å². The highest BCUT2D eigenvalue weighted by molar-refractivity contribution is 5.96. The molecule has 2 saturated heterocycles. The fraction of sp³-hybridized carbons (Fsp3) is 0.667. The highest BCUT2D eigenvalue weighted by atomic mass is 16.7. The summed E-state index contributed by atoms with van der Waals surface area (Å²) in [4.78, 5) is 2.32. The molecule has 22 heavy (non-hydrogen) atoms. The molecule has 0 aromatic rings. The Labute approximate surface area is 131 Å². The molecule has 122 valence electrons. The zero-order valence-corrected chi connectivity index (χ0v) is 13.3. The Hall–Kier alpha value is -1.73. The van der Waals surface area contributed by atoms with Crippen LogP contribution in [0.4, 0.5) is 0 Å². The highest BCUT2D eigenvalue weighted by Crippen LogP contribution is 2.32. The van der Waals surface area contributed by atoms with E-state index in [2.05, 4.69) is 22.1 Å². The zero-order chi connectivity index (χ0) is 16.0. The minimum atomic E-state index is -0.339. The van der Waals surface area contributed by atoms with Crippen molar-refractivity contribution < 1.29 is 9.47 Å². The lowest BCUT2D eigenvalue weighted by atomic mass is 10.0. The second-order valence-electron chi connectivity index (χ2n) is 5.53. The molecular weight excluding hydrogens is 282 g/mol. The first-order valence-corrected chi connectivity index (χ1v) is 7.71. The molecule has 2 fully saturated rings.